The summed E-state index contributed by atoms with van der Waals surface area (Å²) in [7, 11) is 0. The van der Waals surface area contributed by atoms with Crippen LogP contribution in [0, 0.1) is 18.6 Å². The zero-order chi connectivity index (χ0) is 15.4. The molecule has 0 aliphatic rings. The Morgan fingerprint density at radius 2 is 1.86 bits per heavy atom. The van der Waals surface area contributed by atoms with E-state index in [1.807, 2.05) is 13.8 Å². The molecule has 0 aliphatic heterocycles. The van der Waals surface area contributed by atoms with Crippen LogP contribution in [0.2, 0.25) is 5.02 Å². The highest BCUT2D eigenvalue weighted by Crippen LogP contribution is 2.29. The van der Waals surface area contributed by atoms with Crippen LogP contribution >= 0.6 is 11.6 Å². The Balaban J connectivity index is 2.49. The SMILES string of the molecule is CCCNC(c1ccc(F)cc1C)c1cc(Cl)ccc1F. The number of nitrogens with one attached hydrogen (secondary N) is 1. The van der Waals surface area contributed by atoms with Crippen molar-refractivity contribution in [2.45, 2.75) is 26.3 Å². The van der Waals surface area contributed by atoms with Gasteiger partial charge in [-0.2, -0.15) is 0 Å². The van der Waals surface area contributed by atoms with Gasteiger partial charge >= 0.3 is 0 Å². The maximum atomic E-state index is 14.2. The predicted octanol–water partition coefficient (Wildman–Crippen LogP) is 5.02. The van der Waals surface area contributed by atoms with Gasteiger partial charge in [-0.05, 0) is 61.3 Å². The van der Waals surface area contributed by atoms with Gasteiger partial charge in [0.15, 0.2) is 0 Å². The zero-order valence-corrected chi connectivity index (χ0v) is 12.8. The first kappa shape index (κ1) is 15.9. The molecule has 1 N–H and O–H groups in total. The van der Waals surface area contributed by atoms with Gasteiger partial charge in [-0.15, -0.1) is 0 Å². The van der Waals surface area contributed by atoms with Crippen LogP contribution in [0.3, 0.4) is 0 Å². The van der Waals surface area contributed by atoms with Crippen LogP contribution in [0.4, 0.5) is 8.78 Å². The average molecular weight is 310 g/mol. The third-order valence-electron chi connectivity index (χ3n) is 3.41. The molecule has 0 fully saturated rings. The summed E-state index contributed by atoms with van der Waals surface area (Å²) in [6.07, 6.45) is 0.916. The maximum Gasteiger partial charge on any atom is 0.128 e. The van der Waals surface area contributed by atoms with E-state index in [2.05, 4.69) is 5.32 Å². The van der Waals surface area contributed by atoms with Crippen molar-refractivity contribution >= 4 is 11.6 Å². The van der Waals surface area contributed by atoms with E-state index in [0.29, 0.717) is 10.6 Å². The van der Waals surface area contributed by atoms with Gasteiger partial charge in [-0.1, -0.05) is 24.6 Å². The average Bonchev–Trinajstić information content (AvgIpc) is 2.44. The minimum atomic E-state index is -0.343. The lowest BCUT2D eigenvalue weighted by molar-refractivity contribution is 0.544. The normalized spacial score (nSPS) is 12.4. The first-order valence-electron chi connectivity index (χ1n) is 6.97. The second kappa shape index (κ2) is 7.01. The highest BCUT2D eigenvalue weighted by Gasteiger charge is 2.19. The number of aryl methyl sites for hydroxylation is 1. The number of benzene rings is 2. The number of hydrogen-bond donors (Lipinski definition) is 1. The molecule has 0 aliphatic carbocycles. The number of hydrogen-bond acceptors (Lipinski definition) is 1. The molecule has 0 saturated heterocycles. The van der Waals surface area contributed by atoms with Gasteiger partial charge in [0.2, 0.25) is 0 Å². The molecule has 21 heavy (non-hydrogen) atoms. The largest absolute Gasteiger partial charge is 0.306 e. The summed E-state index contributed by atoms with van der Waals surface area (Å²) in [4.78, 5) is 0. The Kier molecular flexibility index (Phi) is 5.32. The molecule has 112 valence electrons. The smallest absolute Gasteiger partial charge is 0.128 e. The van der Waals surface area contributed by atoms with Crippen LogP contribution in [0.15, 0.2) is 36.4 Å². The minimum absolute atomic E-state index is 0.294. The Hall–Kier alpha value is -1.45. The monoisotopic (exact) mass is 309 g/mol. The van der Waals surface area contributed by atoms with E-state index >= 15 is 0 Å². The van der Waals surface area contributed by atoms with E-state index in [-0.39, 0.29) is 17.7 Å². The second-order valence-electron chi connectivity index (χ2n) is 5.05. The fourth-order valence-corrected chi connectivity index (χ4v) is 2.56. The first-order chi connectivity index (χ1) is 10.0. The summed E-state index contributed by atoms with van der Waals surface area (Å²) in [5.74, 6) is -0.617. The van der Waals surface area contributed by atoms with Crippen LogP contribution in [-0.4, -0.2) is 6.54 Å². The van der Waals surface area contributed by atoms with E-state index in [4.69, 9.17) is 11.6 Å². The van der Waals surface area contributed by atoms with Gasteiger partial charge < -0.3 is 5.32 Å². The first-order valence-corrected chi connectivity index (χ1v) is 7.35. The molecule has 1 unspecified atom stereocenters. The molecule has 2 aromatic rings. The Labute approximate surface area is 128 Å². The van der Waals surface area contributed by atoms with Crippen LogP contribution in [-0.2, 0) is 0 Å². The van der Waals surface area contributed by atoms with E-state index in [1.54, 1.807) is 12.1 Å². The summed E-state index contributed by atoms with van der Waals surface area (Å²) >= 11 is 5.99. The maximum absolute atomic E-state index is 14.2. The van der Waals surface area contributed by atoms with Crippen molar-refractivity contribution in [3.8, 4) is 0 Å². The predicted molar refractivity (Wildman–Crippen MR) is 82.7 cm³/mol. The third-order valence-corrected chi connectivity index (χ3v) is 3.65. The molecule has 1 atom stereocenters. The summed E-state index contributed by atoms with van der Waals surface area (Å²) in [6.45, 7) is 4.59. The van der Waals surface area contributed by atoms with Gasteiger partial charge in [0.05, 0.1) is 6.04 Å². The quantitative estimate of drug-likeness (QED) is 0.818. The highest BCUT2D eigenvalue weighted by molar-refractivity contribution is 6.30. The fourth-order valence-electron chi connectivity index (χ4n) is 2.37. The van der Waals surface area contributed by atoms with Gasteiger partial charge in [0.1, 0.15) is 11.6 Å². The second-order valence-corrected chi connectivity index (χ2v) is 5.49. The molecule has 0 radical (unpaired) electrons. The van der Waals surface area contributed by atoms with Gasteiger partial charge in [-0.3, -0.25) is 0 Å². The molecule has 2 aromatic carbocycles. The standard InChI is InChI=1S/C17H18ClF2N/c1-3-8-21-17(14-6-5-13(19)9-11(14)2)15-10-12(18)4-7-16(15)20/h4-7,9-10,17,21H,3,8H2,1-2H3. The lowest BCUT2D eigenvalue weighted by Crippen LogP contribution is -2.25. The highest BCUT2D eigenvalue weighted by atomic mass is 35.5. The van der Waals surface area contributed by atoms with Crippen molar-refractivity contribution in [1.29, 1.82) is 0 Å². The lowest BCUT2D eigenvalue weighted by Gasteiger charge is -2.22. The van der Waals surface area contributed by atoms with Gasteiger partial charge in [-0.25, -0.2) is 8.78 Å². The topological polar surface area (TPSA) is 12.0 Å². The van der Waals surface area contributed by atoms with E-state index in [9.17, 15) is 8.78 Å². The van der Waals surface area contributed by atoms with E-state index < -0.39 is 0 Å². The number of halogens is 3. The van der Waals surface area contributed by atoms with Crippen molar-refractivity contribution in [1.82, 2.24) is 5.32 Å². The van der Waals surface area contributed by atoms with Crippen LogP contribution in [0.1, 0.15) is 36.1 Å². The van der Waals surface area contributed by atoms with E-state index in [1.165, 1.54) is 24.3 Å². The summed E-state index contributed by atoms with van der Waals surface area (Å²) in [5.41, 5.74) is 2.11. The molecule has 0 heterocycles. The molecule has 0 spiro atoms. The Morgan fingerprint density at radius 3 is 2.52 bits per heavy atom. The van der Waals surface area contributed by atoms with Crippen molar-refractivity contribution in [2.75, 3.05) is 6.54 Å². The molecule has 4 heteroatoms. The molecule has 0 amide bonds. The Morgan fingerprint density at radius 1 is 1.10 bits per heavy atom. The van der Waals surface area contributed by atoms with Crippen molar-refractivity contribution in [2.24, 2.45) is 0 Å². The van der Waals surface area contributed by atoms with Crippen LogP contribution in [0.25, 0.3) is 0 Å². The molecule has 0 bridgehead atoms. The van der Waals surface area contributed by atoms with Gasteiger partial charge in [0, 0.05) is 10.6 Å². The third kappa shape index (κ3) is 3.80. The molecule has 0 aromatic heterocycles. The van der Waals surface area contributed by atoms with Crippen molar-refractivity contribution in [3.05, 3.63) is 69.7 Å². The summed E-state index contributed by atoms with van der Waals surface area (Å²) in [6, 6.07) is 8.70. The minimum Gasteiger partial charge on any atom is -0.306 e. The number of rotatable bonds is 5. The molecular weight excluding hydrogens is 292 g/mol. The Bertz CT molecular complexity index is 628. The molecule has 0 saturated carbocycles. The fraction of sp³-hybridized carbons (Fsp3) is 0.294. The van der Waals surface area contributed by atoms with Crippen LogP contribution < -0.4 is 5.32 Å². The molecular formula is C17H18ClF2N. The summed E-state index contributed by atoms with van der Waals surface area (Å²) < 4.78 is 27.5. The van der Waals surface area contributed by atoms with E-state index in [0.717, 1.165) is 24.1 Å². The lowest BCUT2D eigenvalue weighted by atomic mass is 9.94. The summed E-state index contributed by atoms with van der Waals surface area (Å²) in [5, 5.41) is 3.79. The van der Waals surface area contributed by atoms with Crippen molar-refractivity contribution < 1.29 is 8.78 Å². The molecule has 1 nitrogen and oxygen atoms in total. The molecule has 2 rings (SSSR count). The van der Waals surface area contributed by atoms with Crippen molar-refractivity contribution in [3.63, 3.8) is 0 Å². The van der Waals surface area contributed by atoms with Crippen LogP contribution in [0.5, 0.6) is 0 Å². The zero-order valence-electron chi connectivity index (χ0n) is 12.1. The van der Waals surface area contributed by atoms with Gasteiger partial charge in [0.25, 0.3) is 0 Å².